The lowest BCUT2D eigenvalue weighted by Crippen LogP contribution is -2.23. The molecule has 1 rings (SSSR count). The van der Waals surface area contributed by atoms with E-state index in [1.165, 1.54) is 11.3 Å². The highest BCUT2D eigenvalue weighted by Crippen LogP contribution is 2.31. The fourth-order valence-electron chi connectivity index (χ4n) is 0.696. The standard InChI is InChI=1S/C7H10ClNOS/c1-7(2,10-9)5-3-4-6(8)11-5/h3-4H,9H2,1-2H3. The Labute approximate surface area is 74.9 Å². The lowest BCUT2D eigenvalue weighted by atomic mass is 10.1. The van der Waals surface area contributed by atoms with Gasteiger partial charge in [0, 0.05) is 4.88 Å². The third-order valence-electron chi connectivity index (χ3n) is 1.46. The lowest BCUT2D eigenvalue weighted by Gasteiger charge is -2.19. The molecule has 0 saturated heterocycles. The van der Waals surface area contributed by atoms with E-state index in [0.717, 1.165) is 9.21 Å². The molecule has 1 aromatic heterocycles. The topological polar surface area (TPSA) is 35.2 Å². The number of rotatable bonds is 2. The number of hydrogen-bond acceptors (Lipinski definition) is 3. The minimum Gasteiger partial charge on any atom is -0.293 e. The van der Waals surface area contributed by atoms with E-state index < -0.39 is 5.60 Å². The summed E-state index contributed by atoms with van der Waals surface area (Å²) in [4.78, 5) is 5.82. The third kappa shape index (κ3) is 1.93. The van der Waals surface area contributed by atoms with Gasteiger partial charge in [0.1, 0.15) is 5.60 Å². The second-order valence-corrected chi connectivity index (χ2v) is 4.45. The zero-order valence-corrected chi connectivity index (χ0v) is 8.00. The molecule has 0 radical (unpaired) electrons. The third-order valence-corrected chi connectivity index (χ3v) is 3.00. The number of nitrogens with two attached hydrogens (primary N) is 1. The molecule has 0 aliphatic heterocycles. The van der Waals surface area contributed by atoms with Crippen molar-refractivity contribution in [1.29, 1.82) is 0 Å². The first kappa shape index (κ1) is 9.00. The van der Waals surface area contributed by atoms with Crippen molar-refractivity contribution in [3.63, 3.8) is 0 Å². The quantitative estimate of drug-likeness (QED) is 0.730. The van der Waals surface area contributed by atoms with Crippen molar-refractivity contribution in [3.8, 4) is 0 Å². The van der Waals surface area contributed by atoms with E-state index in [9.17, 15) is 0 Å². The molecule has 0 aromatic carbocycles. The molecule has 0 amide bonds. The van der Waals surface area contributed by atoms with Crippen LogP contribution in [0.4, 0.5) is 0 Å². The Kier molecular flexibility index (Phi) is 2.54. The van der Waals surface area contributed by atoms with Crippen LogP contribution in [-0.4, -0.2) is 0 Å². The Bertz CT molecular complexity index is 246. The van der Waals surface area contributed by atoms with Crippen molar-refractivity contribution < 1.29 is 4.84 Å². The van der Waals surface area contributed by atoms with Gasteiger partial charge in [-0.25, -0.2) is 5.90 Å². The molecule has 1 heterocycles. The highest BCUT2D eigenvalue weighted by molar-refractivity contribution is 7.16. The molecule has 2 N–H and O–H groups in total. The largest absolute Gasteiger partial charge is 0.293 e. The predicted molar refractivity (Wildman–Crippen MR) is 47.6 cm³/mol. The Morgan fingerprint density at radius 2 is 2.18 bits per heavy atom. The highest BCUT2D eigenvalue weighted by Gasteiger charge is 2.22. The van der Waals surface area contributed by atoms with Gasteiger partial charge in [-0.05, 0) is 26.0 Å². The van der Waals surface area contributed by atoms with Gasteiger partial charge in [0.2, 0.25) is 0 Å². The van der Waals surface area contributed by atoms with Crippen LogP contribution in [0.25, 0.3) is 0 Å². The van der Waals surface area contributed by atoms with Gasteiger partial charge in [-0.1, -0.05) is 11.6 Å². The highest BCUT2D eigenvalue weighted by atomic mass is 35.5. The van der Waals surface area contributed by atoms with Crippen LogP contribution in [0.2, 0.25) is 4.34 Å². The van der Waals surface area contributed by atoms with Gasteiger partial charge in [-0.15, -0.1) is 11.3 Å². The average molecular weight is 192 g/mol. The zero-order chi connectivity index (χ0) is 8.48. The molecule has 0 saturated carbocycles. The molecule has 62 valence electrons. The molecule has 0 unspecified atom stereocenters. The minimum atomic E-state index is -0.433. The van der Waals surface area contributed by atoms with Crippen molar-refractivity contribution in [2.75, 3.05) is 0 Å². The van der Waals surface area contributed by atoms with Crippen LogP contribution in [0, 0.1) is 0 Å². The normalized spacial score (nSPS) is 12.0. The summed E-state index contributed by atoms with van der Waals surface area (Å²) >= 11 is 7.23. The van der Waals surface area contributed by atoms with Gasteiger partial charge in [0.25, 0.3) is 0 Å². The van der Waals surface area contributed by atoms with Crippen LogP contribution in [0.5, 0.6) is 0 Å². The molecule has 0 bridgehead atoms. The van der Waals surface area contributed by atoms with E-state index in [0.29, 0.717) is 0 Å². The van der Waals surface area contributed by atoms with Gasteiger partial charge in [0.15, 0.2) is 0 Å². The molecular weight excluding hydrogens is 182 g/mol. The molecule has 2 nitrogen and oxygen atoms in total. The fourth-order valence-corrected chi connectivity index (χ4v) is 1.78. The fraction of sp³-hybridized carbons (Fsp3) is 0.429. The van der Waals surface area contributed by atoms with E-state index >= 15 is 0 Å². The molecule has 0 fully saturated rings. The maximum absolute atomic E-state index is 5.75. The zero-order valence-electron chi connectivity index (χ0n) is 6.43. The average Bonchev–Trinajstić information content (AvgIpc) is 2.36. The van der Waals surface area contributed by atoms with Gasteiger partial charge < -0.3 is 0 Å². The first-order valence-corrected chi connectivity index (χ1v) is 4.39. The van der Waals surface area contributed by atoms with Crippen LogP contribution in [-0.2, 0) is 10.4 Å². The molecule has 4 heteroatoms. The Balaban J connectivity index is 2.92. The summed E-state index contributed by atoms with van der Waals surface area (Å²) < 4.78 is 0.755. The first-order chi connectivity index (χ1) is 5.06. The van der Waals surface area contributed by atoms with E-state index in [1.54, 1.807) is 0 Å². The Morgan fingerprint density at radius 3 is 2.55 bits per heavy atom. The van der Waals surface area contributed by atoms with Gasteiger partial charge in [-0.2, -0.15) is 0 Å². The number of halogens is 1. The molecule has 11 heavy (non-hydrogen) atoms. The van der Waals surface area contributed by atoms with Crippen LogP contribution in [0.1, 0.15) is 18.7 Å². The van der Waals surface area contributed by atoms with Gasteiger partial charge >= 0.3 is 0 Å². The van der Waals surface area contributed by atoms with Crippen molar-refractivity contribution in [1.82, 2.24) is 0 Å². The van der Waals surface area contributed by atoms with Crippen LogP contribution in [0.15, 0.2) is 12.1 Å². The summed E-state index contributed by atoms with van der Waals surface area (Å²) in [5.74, 6) is 5.11. The monoisotopic (exact) mass is 191 g/mol. The Hall–Kier alpha value is -0.0900. The SMILES string of the molecule is CC(C)(ON)c1ccc(Cl)s1. The van der Waals surface area contributed by atoms with E-state index in [2.05, 4.69) is 0 Å². The number of thiophene rings is 1. The van der Waals surface area contributed by atoms with Crippen molar-refractivity contribution in [2.24, 2.45) is 5.90 Å². The second-order valence-electron chi connectivity index (χ2n) is 2.73. The van der Waals surface area contributed by atoms with Crippen LogP contribution >= 0.6 is 22.9 Å². The van der Waals surface area contributed by atoms with E-state index in [4.69, 9.17) is 22.3 Å². The summed E-state index contributed by atoms with van der Waals surface area (Å²) in [6, 6.07) is 3.75. The van der Waals surface area contributed by atoms with Crippen molar-refractivity contribution >= 4 is 22.9 Å². The summed E-state index contributed by atoms with van der Waals surface area (Å²) in [5, 5.41) is 0. The number of hydrogen-bond donors (Lipinski definition) is 1. The molecular formula is C7H10ClNOS. The molecule has 1 aromatic rings. The summed E-state index contributed by atoms with van der Waals surface area (Å²) in [7, 11) is 0. The van der Waals surface area contributed by atoms with Crippen molar-refractivity contribution in [2.45, 2.75) is 19.4 Å². The maximum atomic E-state index is 5.75. The summed E-state index contributed by atoms with van der Waals surface area (Å²) in [6.45, 7) is 3.80. The van der Waals surface area contributed by atoms with Crippen LogP contribution in [0.3, 0.4) is 0 Å². The second kappa shape index (κ2) is 3.11. The predicted octanol–water partition coefficient (Wildman–Crippen LogP) is 2.53. The first-order valence-electron chi connectivity index (χ1n) is 3.20. The maximum Gasteiger partial charge on any atom is 0.118 e. The van der Waals surface area contributed by atoms with E-state index in [-0.39, 0.29) is 0 Å². The summed E-state index contributed by atoms with van der Waals surface area (Å²) in [6.07, 6.45) is 0. The Morgan fingerprint density at radius 1 is 1.55 bits per heavy atom. The lowest BCUT2D eigenvalue weighted by molar-refractivity contribution is -0.0208. The van der Waals surface area contributed by atoms with Gasteiger partial charge in [0.05, 0.1) is 4.34 Å². The molecule has 0 aliphatic rings. The molecule has 0 aliphatic carbocycles. The summed E-state index contributed by atoms with van der Waals surface area (Å²) in [5.41, 5.74) is -0.433. The molecule has 0 atom stereocenters. The van der Waals surface area contributed by atoms with Crippen LogP contribution < -0.4 is 5.90 Å². The van der Waals surface area contributed by atoms with Gasteiger partial charge in [-0.3, -0.25) is 4.84 Å². The van der Waals surface area contributed by atoms with E-state index in [1.807, 2.05) is 26.0 Å². The minimum absolute atomic E-state index is 0.433. The smallest absolute Gasteiger partial charge is 0.118 e. The molecule has 0 spiro atoms. The van der Waals surface area contributed by atoms with Crippen molar-refractivity contribution in [3.05, 3.63) is 21.3 Å².